The highest BCUT2D eigenvalue weighted by atomic mass is 15.3. The van der Waals surface area contributed by atoms with E-state index < -0.39 is 0 Å². The molecule has 1 aromatic heterocycles. The van der Waals surface area contributed by atoms with Crippen molar-refractivity contribution in [1.82, 2.24) is 14.8 Å². The Morgan fingerprint density at radius 2 is 2.29 bits per heavy atom. The molecule has 0 aliphatic carbocycles. The van der Waals surface area contributed by atoms with Gasteiger partial charge >= 0.3 is 0 Å². The summed E-state index contributed by atoms with van der Waals surface area (Å²) in [6, 6.07) is 0. The molecule has 4 nitrogen and oxygen atoms in total. The smallest absolute Gasteiger partial charge is 0.135 e. The third-order valence-electron chi connectivity index (χ3n) is 2.92. The van der Waals surface area contributed by atoms with Gasteiger partial charge in [0.25, 0.3) is 0 Å². The topological polar surface area (TPSA) is 56.7 Å². The summed E-state index contributed by atoms with van der Waals surface area (Å²) < 4.78 is 2.26. The van der Waals surface area contributed by atoms with Gasteiger partial charge < -0.3 is 10.3 Å². The van der Waals surface area contributed by atoms with Gasteiger partial charge in [-0.2, -0.15) is 0 Å². The van der Waals surface area contributed by atoms with Gasteiger partial charge in [-0.25, -0.2) is 0 Å². The summed E-state index contributed by atoms with van der Waals surface area (Å²) in [4.78, 5) is 0. The largest absolute Gasteiger partial charge is 0.330 e. The van der Waals surface area contributed by atoms with Gasteiger partial charge in [-0.15, -0.1) is 10.2 Å². The Kier molecular flexibility index (Phi) is 2.54. The fraction of sp³-hybridized carbons (Fsp3) is 0.800. The first-order valence-corrected chi connectivity index (χ1v) is 5.34. The van der Waals surface area contributed by atoms with Crippen molar-refractivity contribution in [3.05, 3.63) is 11.6 Å². The van der Waals surface area contributed by atoms with Crippen molar-refractivity contribution in [2.24, 2.45) is 11.7 Å². The van der Waals surface area contributed by atoms with Crippen molar-refractivity contribution in [3.8, 4) is 0 Å². The molecule has 2 N–H and O–H groups in total. The Morgan fingerprint density at radius 1 is 1.50 bits per heavy atom. The third kappa shape index (κ3) is 1.54. The zero-order valence-corrected chi connectivity index (χ0v) is 8.90. The molecule has 0 radical (unpaired) electrons. The van der Waals surface area contributed by atoms with Crippen molar-refractivity contribution >= 4 is 0 Å². The summed E-state index contributed by atoms with van der Waals surface area (Å²) in [6.45, 7) is 6.09. The highest BCUT2D eigenvalue weighted by Gasteiger charge is 2.22. The molecule has 0 amide bonds. The highest BCUT2D eigenvalue weighted by molar-refractivity contribution is 5.03. The van der Waals surface area contributed by atoms with Crippen LogP contribution >= 0.6 is 0 Å². The van der Waals surface area contributed by atoms with Crippen LogP contribution in [0.3, 0.4) is 0 Å². The minimum Gasteiger partial charge on any atom is -0.330 e. The fourth-order valence-corrected chi connectivity index (χ4v) is 2.04. The average Bonchev–Trinajstić information content (AvgIpc) is 2.59. The molecular formula is C10H18N4. The Morgan fingerprint density at radius 3 is 2.93 bits per heavy atom. The van der Waals surface area contributed by atoms with Crippen LogP contribution < -0.4 is 5.73 Å². The van der Waals surface area contributed by atoms with Crippen LogP contribution in [-0.2, 0) is 13.0 Å². The van der Waals surface area contributed by atoms with Crippen LogP contribution in [0.25, 0.3) is 0 Å². The number of hydrogen-bond acceptors (Lipinski definition) is 3. The molecule has 0 saturated heterocycles. The van der Waals surface area contributed by atoms with Crippen molar-refractivity contribution < 1.29 is 0 Å². The normalized spacial score (nSPS) is 21.3. The van der Waals surface area contributed by atoms with Gasteiger partial charge in [0, 0.05) is 18.9 Å². The number of hydrogen-bond donors (Lipinski definition) is 1. The van der Waals surface area contributed by atoms with Crippen LogP contribution in [0.2, 0.25) is 0 Å². The van der Waals surface area contributed by atoms with Gasteiger partial charge in [-0.3, -0.25) is 0 Å². The molecule has 0 fully saturated rings. The maximum absolute atomic E-state index is 5.70. The van der Waals surface area contributed by atoms with Crippen LogP contribution in [0.15, 0.2) is 0 Å². The van der Waals surface area contributed by atoms with E-state index in [0.29, 0.717) is 11.8 Å². The molecule has 0 saturated carbocycles. The minimum absolute atomic E-state index is 0.452. The first-order valence-electron chi connectivity index (χ1n) is 5.34. The quantitative estimate of drug-likeness (QED) is 0.761. The lowest BCUT2D eigenvalue weighted by Crippen LogP contribution is -2.27. The Bertz CT molecular complexity index is 316. The number of aryl methyl sites for hydroxylation is 1. The maximum Gasteiger partial charge on any atom is 0.135 e. The van der Waals surface area contributed by atoms with E-state index in [-0.39, 0.29) is 0 Å². The number of nitrogens with zero attached hydrogens (tertiary/aromatic N) is 3. The molecule has 4 heteroatoms. The van der Waals surface area contributed by atoms with E-state index in [1.165, 1.54) is 0 Å². The molecule has 0 bridgehead atoms. The highest BCUT2D eigenvalue weighted by Crippen LogP contribution is 2.22. The van der Waals surface area contributed by atoms with Crippen molar-refractivity contribution in [3.63, 3.8) is 0 Å². The first-order chi connectivity index (χ1) is 6.72. The molecule has 78 valence electrons. The second-order valence-corrected chi connectivity index (χ2v) is 4.38. The predicted octanol–water partition coefficient (Wildman–Crippen LogP) is 0.923. The van der Waals surface area contributed by atoms with E-state index >= 15 is 0 Å². The van der Waals surface area contributed by atoms with E-state index in [1.54, 1.807) is 0 Å². The predicted molar refractivity (Wildman–Crippen MR) is 55.0 cm³/mol. The minimum atomic E-state index is 0.452. The SMILES string of the molecule is CC(C)c1nnc2n1CC(CN)CC2. The summed E-state index contributed by atoms with van der Waals surface area (Å²) in [5, 5.41) is 8.46. The summed E-state index contributed by atoms with van der Waals surface area (Å²) in [5.41, 5.74) is 5.70. The lowest BCUT2D eigenvalue weighted by molar-refractivity contribution is 0.364. The van der Waals surface area contributed by atoms with Gasteiger partial charge in [-0.1, -0.05) is 13.8 Å². The number of rotatable bonds is 2. The lowest BCUT2D eigenvalue weighted by atomic mass is 9.99. The van der Waals surface area contributed by atoms with Gasteiger partial charge in [0.05, 0.1) is 0 Å². The molecule has 2 heterocycles. The van der Waals surface area contributed by atoms with E-state index in [4.69, 9.17) is 5.73 Å². The van der Waals surface area contributed by atoms with Crippen molar-refractivity contribution in [1.29, 1.82) is 0 Å². The molecule has 1 aromatic rings. The lowest BCUT2D eigenvalue weighted by Gasteiger charge is -2.23. The molecule has 1 aliphatic rings. The Balaban J connectivity index is 2.28. The van der Waals surface area contributed by atoms with Crippen LogP contribution in [0.5, 0.6) is 0 Å². The molecule has 1 aliphatic heterocycles. The monoisotopic (exact) mass is 194 g/mol. The number of fused-ring (bicyclic) bond motifs is 1. The maximum atomic E-state index is 5.70. The Hall–Kier alpha value is -0.900. The molecule has 1 unspecified atom stereocenters. The van der Waals surface area contributed by atoms with Crippen LogP contribution in [0, 0.1) is 5.92 Å². The van der Waals surface area contributed by atoms with E-state index in [1.807, 2.05) is 0 Å². The van der Waals surface area contributed by atoms with Crippen LogP contribution in [0.1, 0.15) is 37.8 Å². The molecule has 0 aromatic carbocycles. The fourth-order valence-electron chi connectivity index (χ4n) is 2.04. The number of aromatic nitrogens is 3. The summed E-state index contributed by atoms with van der Waals surface area (Å²) in [6.07, 6.45) is 2.19. The third-order valence-corrected chi connectivity index (χ3v) is 2.92. The van der Waals surface area contributed by atoms with E-state index in [0.717, 1.165) is 37.6 Å². The van der Waals surface area contributed by atoms with Gasteiger partial charge in [0.2, 0.25) is 0 Å². The summed E-state index contributed by atoms with van der Waals surface area (Å²) in [7, 11) is 0. The van der Waals surface area contributed by atoms with Crippen LogP contribution in [-0.4, -0.2) is 21.3 Å². The molecule has 1 atom stereocenters. The summed E-state index contributed by atoms with van der Waals surface area (Å²) >= 11 is 0. The summed E-state index contributed by atoms with van der Waals surface area (Å²) in [5.74, 6) is 3.31. The van der Waals surface area contributed by atoms with Gasteiger partial charge in [0.15, 0.2) is 0 Å². The second kappa shape index (κ2) is 3.69. The molecular weight excluding hydrogens is 176 g/mol. The zero-order valence-electron chi connectivity index (χ0n) is 8.90. The first kappa shape index (κ1) is 9.65. The molecule has 14 heavy (non-hydrogen) atoms. The van der Waals surface area contributed by atoms with Crippen molar-refractivity contribution in [2.45, 2.75) is 39.2 Å². The van der Waals surface area contributed by atoms with Gasteiger partial charge in [0.1, 0.15) is 11.6 Å². The van der Waals surface area contributed by atoms with E-state index in [2.05, 4.69) is 28.6 Å². The molecule has 0 spiro atoms. The van der Waals surface area contributed by atoms with Gasteiger partial charge in [-0.05, 0) is 18.9 Å². The zero-order chi connectivity index (χ0) is 10.1. The van der Waals surface area contributed by atoms with Crippen molar-refractivity contribution in [2.75, 3.05) is 6.54 Å². The molecule has 2 rings (SSSR count). The number of nitrogens with two attached hydrogens (primary N) is 1. The Labute approximate surface area is 84.5 Å². The second-order valence-electron chi connectivity index (χ2n) is 4.38. The van der Waals surface area contributed by atoms with E-state index in [9.17, 15) is 0 Å². The van der Waals surface area contributed by atoms with Crippen LogP contribution in [0.4, 0.5) is 0 Å². The standard InChI is InChI=1S/C10H18N4/c1-7(2)10-13-12-9-4-3-8(5-11)6-14(9)10/h7-8H,3-6,11H2,1-2H3. The average molecular weight is 194 g/mol.